The number of rotatable bonds is 6. The third-order valence-corrected chi connectivity index (χ3v) is 4.80. The zero-order valence-electron chi connectivity index (χ0n) is 12.2. The lowest BCUT2D eigenvalue weighted by molar-refractivity contribution is -0.131. The molecule has 0 spiro atoms. The molecule has 2 saturated carbocycles. The normalized spacial score (nSPS) is 28.1. The van der Waals surface area contributed by atoms with E-state index in [0.717, 1.165) is 38.8 Å². The largest absolute Gasteiger partial charge is 0.358 e. The highest BCUT2D eigenvalue weighted by Gasteiger charge is 2.45. The Hall–Kier alpha value is -1.10. The number of nitrogens with one attached hydrogen (secondary N) is 2. The van der Waals surface area contributed by atoms with E-state index in [9.17, 15) is 9.59 Å². The van der Waals surface area contributed by atoms with E-state index < -0.39 is 0 Å². The molecule has 5 nitrogen and oxygen atoms in total. The van der Waals surface area contributed by atoms with Gasteiger partial charge in [0.25, 0.3) is 0 Å². The first-order chi connectivity index (χ1) is 9.70. The monoisotopic (exact) mass is 279 g/mol. The predicted octanol–water partition coefficient (Wildman–Crippen LogP) is 0.502. The number of nitrogens with zero attached hydrogens (tertiary/aromatic N) is 1. The van der Waals surface area contributed by atoms with Gasteiger partial charge in [0, 0.05) is 13.6 Å². The first-order valence-corrected chi connectivity index (χ1v) is 7.95. The van der Waals surface area contributed by atoms with Crippen LogP contribution in [0.25, 0.3) is 0 Å². The second-order valence-electron chi connectivity index (χ2n) is 6.48. The number of likely N-dealkylation sites (tertiary alicyclic amines) is 1. The third-order valence-electron chi connectivity index (χ3n) is 4.80. The Morgan fingerprint density at radius 1 is 1.20 bits per heavy atom. The van der Waals surface area contributed by atoms with Crippen LogP contribution in [0.2, 0.25) is 0 Å². The number of carbonyl (C=O) groups excluding carboxylic acids is 2. The number of hydrogen-bond donors (Lipinski definition) is 2. The molecule has 20 heavy (non-hydrogen) atoms. The van der Waals surface area contributed by atoms with Crippen molar-refractivity contribution in [2.24, 2.45) is 11.8 Å². The van der Waals surface area contributed by atoms with E-state index in [4.69, 9.17) is 0 Å². The molecule has 2 atom stereocenters. The summed E-state index contributed by atoms with van der Waals surface area (Å²) in [5.74, 6) is 1.36. The molecule has 2 N–H and O–H groups in total. The first-order valence-electron chi connectivity index (χ1n) is 7.95. The van der Waals surface area contributed by atoms with E-state index >= 15 is 0 Å². The van der Waals surface area contributed by atoms with Crippen LogP contribution in [0.5, 0.6) is 0 Å². The van der Waals surface area contributed by atoms with Crippen LogP contribution in [0.4, 0.5) is 0 Å². The summed E-state index contributed by atoms with van der Waals surface area (Å²) in [6, 6.07) is -0.198. The van der Waals surface area contributed by atoms with Crippen molar-refractivity contribution in [1.29, 1.82) is 0 Å². The second-order valence-corrected chi connectivity index (χ2v) is 6.48. The molecule has 112 valence electrons. The molecule has 0 bridgehead atoms. The molecule has 3 aliphatic rings. The summed E-state index contributed by atoms with van der Waals surface area (Å²) in [6.45, 7) is 1.69. The Balaban J connectivity index is 1.63. The topological polar surface area (TPSA) is 61.4 Å². The lowest BCUT2D eigenvalue weighted by Crippen LogP contribution is -2.53. The molecule has 3 rings (SSSR count). The molecule has 0 aromatic rings. The summed E-state index contributed by atoms with van der Waals surface area (Å²) in [7, 11) is 1.69. The van der Waals surface area contributed by atoms with Gasteiger partial charge >= 0.3 is 0 Å². The first kappa shape index (κ1) is 13.9. The van der Waals surface area contributed by atoms with Gasteiger partial charge in [-0.3, -0.25) is 14.5 Å². The van der Waals surface area contributed by atoms with E-state index in [1.165, 1.54) is 12.8 Å². The zero-order valence-corrected chi connectivity index (χ0v) is 12.2. The average molecular weight is 279 g/mol. The highest BCUT2D eigenvalue weighted by Crippen LogP contribution is 2.38. The third kappa shape index (κ3) is 2.97. The summed E-state index contributed by atoms with van der Waals surface area (Å²) in [4.78, 5) is 26.7. The summed E-state index contributed by atoms with van der Waals surface area (Å²) >= 11 is 0. The molecular formula is C15H25N3O2. The quantitative estimate of drug-likeness (QED) is 0.744. The van der Waals surface area contributed by atoms with Gasteiger partial charge in [-0.1, -0.05) is 0 Å². The van der Waals surface area contributed by atoms with Crippen molar-refractivity contribution in [2.75, 3.05) is 20.1 Å². The number of amides is 2. The minimum Gasteiger partial charge on any atom is -0.358 e. The number of likely N-dealkylation sites (N-methyl/N-ethyl adjacent to an activating group) is 1. The van der Waals surface area contributed by atoms with Crippen molar-refractivity contribution in [1.82, 2.24) is 15.5 Å². The van der Waals surface area contributed by atoms with Gasteiger partial charge in [0.05, 0.1) is 12.1 Å². The maximum absolute atomic E-state index is 12.4. The van der Waals surface area contributed by atoms with Crippen LogP contribution in [0.15, 0.2) is 0 Å². The van der Waals surface area contributed by atoms with Crippen LogP contribution in [-0.2, 0) is 9.59 Å². The molecule has 1 aliphatic heterocycles. The Morgan fingerprint density at radius 2 is 1.95 bits per heavy atom. The van der Waals surface area contributed by atoms with Gasteiger partial charge in [-0.05, 0) is 56.9 Å². The van der Waals surface area contributed by atoms with Gasteiger partial charge in [0.2, 0.25) is 11.8 Å². The molecule has 2 amide bonds. The summed E-state index contributed by atoms with van der Waals surface area (Å²) in [6.07, 6.45) is 6.63. The highest BCUT2D eigenvalue weighted by molar-refractivity contribution is 5.86. The highest BCUT2D eigenvalue weighted by atomic mass is 16.2. The molecule has 2 aliphatic carbocycles. The summed E-state index contributed by atoms with van der Waals surface area (Å²) < 4.78 is 0. The van der Waals surface area contributed by atoms with Crippen molar-refractivity contribution < 1.29 is 9.59 Å². The molecular weight excluding hydrogens is 254 g/mol. The van der Waals surface area contributed by atoms with Crippen LogP contribution in [0, 0.1) is 11.8 Å². The lowest BCUT2D eigenvalue weighted by atomic mass is 10.1. The van der Waals surface area contributed by atoms with Gasteiger partial charge in [0.15, 0.2) is 0 Å². The van der Waals surface area contributed by atoms with Crippen molar-refractivity contribution in [3.05, 3.63) is 0 Å². The van der Waals surface area contributed by atoms with Gasteiger partial charge in [-0.2, -0.15) is 0 Å². The van der Waals surface area contributed by atoms with E-state index in [0.29, 0.717) is 11.8 Å². The van der Waals surface area contributed by atoms with Crippen molar-refractivity contribution >= 4 is 11.8 Å². The molecule has 1 heterocycles. The second kappa shape index (κ2) is 5.72. The van der Waals surface area contributed by atoms with E-state index in [-0.39, 0.29) is 23.9 Å². The predicted molar refractivity (Wildman–Crippen MR) is 76.0 cm³/mol. The fourth-order valence-corrected chi connectivity index (χ4v) is 3.28. The SMILES string of the molecule is CNC(=O)C(C1CC1)N1CCCC1C(=O)NCC1CC1. The molecule has 0 aromatic carbocycles. The van der Waals surface area contributed by atoms with E-state index in [2.05, 4.69) is 15.5 Å². The Labute approximate surface area is 120 Å². The van der Waals surface area contributed by atoms with Crippen molar-refractivity contribution in [2.45, 2.75) is 50.6 Å². The zero-order chi connectivity index (χ0) is 14.1. The van der Waals surface area contributed by atoms with Crippen LogP contribution < -0.4 is 10.6 Å². The maximum atomic E-state index is 12.4. The lowest BCUT2D eigenvalue weighted by Gasteiger charge is -2.31. The van der Waals surface area contributed by atoms with Crippen molar-refractivity contribution in [3.63, 3.8) is 0 Å². The Morgan fingerprint density at radius 3 is 2.55 bits per heavy atom. The van der Waals surface area contributed by atoms with Crippen LogP contribution in [0.1, 0.15) is 38.5 Å². The van der Waals surface area contributed by atoms with Gasteiger partial charge in [-0.15, -0.1) is 0 Å². The molecule has 3 fully saturated rings. The van der Waals surface area contributed by atoms with Crippen LogP contribution in [-0.4, -0.2) is 48.9 Å². The van der Waals surface area contributed by atoms with E-state index in [1.807, 2.05) is 0 Å². The number of carbonyl (C=O) groups is 2. The molecule has 0 aromatic heterocycles. The van der Waals surface area contributed by atoms with Crippen molar-refractivity contribution in [3.8, 4) is 0 Å². The Bertz CT molecular complexity index is 391. The molecule has 0 radical (unpaired) electrons. The molecule has 5 heteroatoms. The minimum absolute atomic E-state index is 0.0781. The molecule has 2 unspecified atom stereocenters. The number of hydrogen-bond acceptors (Lipinski definition) is 3. The summed E-state index contributed by atoms with van der Waals surface area (Å²) in [5.41, 5.74) is 0. The van der Waals surface area contributed by atoms with Gasteiger partial charge in [-0.25, -0.2) is 0 Å². The Kier molecular flexibility index (Phi) is 3.96. The molecule has 1 saturated heterocycles. The van der Waals surface area contributed by atoms with Gasteiger partial charge < -0.3 is 10.6 Å². The van der Waals surface area contributed by atoms with Crippen LogP contribution in [0.3, 0.4) is 0 Å². The fourth-order valence-electron chi connectivity index (χ4n) is 3.28. The minimum atomic E-state index is -0.100. The maximum Gasteiger partial charge on any atom is 0.237 e. The standard InChI is InChI=1S/C15H25N3O2/c1-16-15(20)13(11-6-7-11)18-8-2-3-12(18)14(19)17-9-10-4-5-10/h10-13H,2-9H2,1H3,(H,16,20)(H,17,19). The smallest absolute Gasteiger partial charge is 0.237 e. The average Bonchev–Trinajstić information content (AvgIpc) is 3.36. The van der Waals surface area contributed by atoms with Gasteiger partial charge in [0.1, 0.15) is 0 Å². The van der Waals surface area contributed by atoms with Crippen LogP contribution >= 0.6 is 0 Å². The fraction of sp³-hybridized carbons (Fsp3) is 0.867. The summed E-state index contributed by atoms with van der Waals surface area (Å²) in [5, 5.41) is 5.85. The van der Waals surface area contributed by atoms with E-state index in [1.54, 1.807) is 7.05 Å².